The Morgan fingerprint density at radius 3 is 2.75 bits per heavy atom. The van der Waals surface area contributed by atoms with Crippen molar-refractivity contribution in [2.75, 3.05) is 31.6 Å². The van der Waals surface area contributed by atoms with Crippen molar-refractivity contribution >= 4 is 22.8 Å². The molecule has 9 heteroatoms. The topological polar surface area (TPSA) is 96.4 Å². The zero-order chi connectivity index (χ0) is 19.7. The van der Waals surface area contributed by atoms with Crippen LogP contribution in [0.2, 0.25) is 0 Å². The fourth-order valence-electron chi connectivity index (χ4n) is 3.33. The maximum atomic E-state index is 13.4. The normalized spacial score (nSPS) is 23.0. The third kappa shape index (κ3) is 4.05. The quantitative estimate of drug-likeness (QED) is 0.663. The third-order valence-corrected chi connectivity index (χ3v) is 5.48. The lowest BCUT2D eigenvalue weighted by molar-refractivity contribution is -0.125. The molecule has 4 rings (SSSR count). The second-order valence-corrected chi connectivity index (χ2v) is 7.66. The van der Waals surface area contributed by atoms with Crippen molar-refractivity contribution in [1.29, 1.82) is 0 Å². The molecule has 28 heavy (non-hydrogen) atoms. The van der Waals surface area contributed by atoms with Gasteiger partial charge in [-0.05, 0) is 19.3 Å². The monoisotopic (exact) mass is 392 g/mol. The van der Waals surface area contributed by atoms with E-state index in [1.165, 1.54) is 6.20 Å². The van der Waals surface area contributed by atoms with Gasteiger partial charge in [0.15, 0.2) is 11.6 Å². The highest BCUT2D eigenvalue weighted by Gasteiger charge is 2.42. The molecule has 150 valence electrons. The fraction of sp³-hybridized carbons (Fsp3) is 0.526. The Bertz CT molecular complexity index is 891. The zero-order valence-electron chi connectivity index (χ0n) is 15.3. The number of nitrogens with one attached hydrogen (secondary N) is 2. The first-order valence-corrected chi connectivity index (χ1v) is 9.34. The van der Waals surface area contributed by atoms with Gasteiger partial charge in [-0.25, -0.2) is 13.8 Å². The first-order valence-electron chi connectivity index (χ1n) is 9.34. The molecule has 7 nitrogen and oxygen atoms in total. The summed E-state index contributed by atoms with van der Waals surface area (Å²) in [5.41, 5.74) is 0.411. The minimum Gasteiger partial charge on any atom is -0.396 e. The Morgan fingerprint density at radius 2 is 2.04 bits per heavy atom. The number of aliphatic hydroxyl groups is 1. The second-order valence-electron chi connectivity index (χ2n) is 7.66. The number of ether oxygens (including phenoxy) is 1. The minimum atomic E-state index is -0.971. The molecular formula is C19H22F2N4O3. The maximum Gasteiger partial charge on any atom is 0.225 e. The van der Waals surface area contributed by atoms with E-state index < -0.39 is 11.6 Å². The van der Waals surface area contributed by atoms with Gasteiger partial charge in [0.2, 0.25) is 5.91 Å². The molecule has 2 heterocycles. The molecule has 0 bridgehead atoms. The first kappa shape index (κ1) is 18.9. The number of fused-ring (bicyclic) bond motifs is 1. The number of hydrogen-bond donors (Lipinski definition) is 3. The lowest BCUT2D eigenvalue weighted by Crippen LogP contribution is -2.36. The summed E-state index contributed by atoms with van der Waals surface area (Å²) >= 11 is 0. The molecule has 1 aliphatic heterocycles. The number of benzene rings is 1. The van der Waals surface area contributed by atoms with Gasteiger partial charge in [0.25, 0.3) is 0 Å². The van der Waals surface area contributed by atoms with Gasteiger partial charge < -0.3 is 20.5 Å². The molecule has 2 fully saturated rings. The smallest absolute Gasteiger partial charge is 0.225 e. The van der Waals surface area contributed by atoms with Crippen LogP contribution in [0.1, 0.15) is 19.3 Å². The van der Waals surface area contributed by atoms with Crippen LogP contribution < -0.4 is 10.6 Å². The van der Waals surface area contributed by atoms with Gasteiger partial charge >= 0.3 is 0 Å². The van der Waals surface area contributed by atoms with E-state index in [4.69, 9.17) is 4.74 Å². The molecule has 0 unspecified atom stereocenters. The summed E-state index contributed by atoms with van der Waals surface area (Å²) in [5.74, 6) is -1.78. The number of aliphatic hydroxyl groups excluding tert-OH is 1. The first-order chi connectivity index (χ1) is 13.5. The number of aromatic nitrogens is 2. The number of nitrogens with zero attached hydrogens (tertiary/aromatic N) is 2. The molecule has 1 saturated carbocycles. The Labute approximate surface area is 160 Å². The van der Waals surface area contributed by atoms with Gasteiger partial charge in [-0.2, -0.15) is 0 Å². The van der Waals surface area contributed by atoms with Crippen LogP contribution in [0.15, 0.2) is 18.3 Å². The molecule has 2 aromatic rings. The highest BCUT2D eigenvalue weighted by atomic mass is 19.2. The van der Waals surface area contributed by atoms with E-state index in [0.717, 1.165) is 25.0 Å². The second kappa shape index (κ2) is 7.56. The van der Waals surface area contributed by atoms with Gasteiger partial charge in [-0.3, -0.25) is 9.78 Å². The van der Waals surface area contributed by atoms with Gasteiger partial charge in [-0.15, -0.1) is 0 Å². The predicted molar refractivity (Wildman–Crippen MR) is 97.6 cm³/mol. The summed E-state index contributed by atoms with van der Waals surface area (Å²) in [6.07, 6.45) is 3.75. The van der Waals surface area contributed by atoms with Crippen LogP contribution in [0.5, 0.6) is 0 Å². The maximum absolute atomic E-state index is 13.4. The summed E-state index contributed by atoms with van der Waals surface area (Å²) in [6.45, 7) is 1.38. The molecule has 1 aromatic heterocycles. The average Bonchev–Trinajstić information content (AvgIpc) is 3.33. The van der Waals surface area contributed by atoms with Crippen molar-refractivity contribution in [3.05, 3.63) is 30.0 Å². The summed E-state index contributed by atoms with van der Waals surface area (Å²) in [7, 11) is 0. The largest absolute Gasteiger partial charge is 0.396 e. The molecule has 2 aliphatic rings. The van der Waals surface area contributed by atoms with Crippen LogP contribution in [0.4, 0.5) is 14.6 Å². The number of halogens is 2. The van der Waals surface area contributed by atoms with Crippen LogP contribution >= 0.6 is 0 Å². The van der Waals surface area contributed by atoms with Crippen molar-refractivity contribution in [3.8, 4) is 0 Å². The molecule has 1 amide bonds. The van der Waals surface area contributed by atoms with E-state index in [1.54, 1.807) is 0 Å². The van der Waals surface area contributed by atoms with Crippen LogP contribution in [0.25, 0.3) is 11.0 Å². The van der Waals surface area contributed by atoms with Gasteiger partial charge in [0, 0.05) is 30.6 Å². The summed E-state index contributed by atoms with van der Waals surface area (Å²) in [6, 6.07) is 2.02. The third-order valence-electron chi connectivity index (χ3n) is 5.48. The summed E-state index contributed by atoms with van der Waals surface area (Å²) in [5, 5.41) is 15.3. The lowest BCUT2D eigenvalue weighted by atomic mass is 10.0. The van der Waals surface area contributed by atoms with Gasteiger partial charge in [0.1, 0.15) is 5.82 Å². The minimum absolute atomic E-state index is 0.0507. The van der Waals surface area contributed by atoms with Gasteiger partial charge in [-0.1, -0.05) is 0 Å². The van der Waals surface area contributed by atoms with Crippen LogP contribution in [0, 0.1) is 23.0 Å². The molecule has 0 radical (unpaired) electrons. The number of hydrogen-bond acceptors (Lipinski definition) is 6. The standard InChI is InChI=1S/C19H22F2N4O3/c20-13-4-15-16(5-14(13)21)25-17(7-22-15)23-6-12-3-11(8-28-12)18(27)24-9-19(10-26)1-2-19/h4-5,7,11-12,26H,1-3,6,8-10H2,(H,23,25)(H,24,27)/t11-,12-/m0/s1. The fourth-order valence-corrected chi connectivity index (χ4v) is 3.33. The van der Waals surface area contributed by atoms with E-state index in [1.807, 2.05) is 0 Å². The van der Waals surface area contributed by atoms with Crippen molar-refractivity contribution in [1.82, 2.24) is 15.3 Å². The van der Waals surface area contributed by atoms with Crippen molar-refractivity contribution in [3.63, 3.8) is 0 Å². The zero-order valence-corrected chi connectivity index (χ0v) is 15.3. The average molecular weight is 392 g/mol. The van der Waals surface area contributed by atoms with Crippen LogP contribution in [-0.2, 0) is 9.53 Å². The van der Waals surface area contributed by atoms with Crippen molar-refractivity contribution in [2.45, 2.75) is 25.4 Å². The number of carbonyl (C=O) groups is 1. The molecular weight excluding hydrogens is 370 g/mol. The van der Waals surface area contributed by atoms with Crippen LogP contribution in [-0.4, -0.2) is 53.4 Å². The Kier molecular flexibility index (Phi) is 5.11. The summed E-state index contributed by atoms with van der Waals surface area (Å²) < 4.78 is 32.3. The number of carbonyl (C=O) groups excluding carboxylic acids is 1. The highest BCUT2D eigenvalue weighted by molar-refractivity contribution is 5.79. The van der Waals surface area contributed by atoms with E-state index in [-0.39, 0.29) is 41.0 Å². The van der Waals surface area contributed by atoms with Crippen molar-refractivity contribution in [2.24, 2.45) is 11.3 Å². The lowest BCUT2D eigenvalue weighted by Gasteiger charge is -2.15. The molecule has 1 saturated heterocycles. The Hall–Kier alpha value is -2.39. The molecule has 1 aliphatic carbocycles. The predicted octanol–water partition coefficient (Wildman–Crippen LogP) is 1.61. The van der Waals surface area contributed by atoms with E-state index in [0.29, 0.717) is 31.9 Å². The van der Waals surface area contributed by atoms with Gasteiger partial charge in [0.05, 0.1) is 42.5 Å². The van der Waals surface area contributed by atoms with Crippen LogP contribution in [0.3, 0.4) is 0 Å². The van der Waals surface area contributed by atoms with E-state index >= 15 is 0 Å². The van der Waals surface area contributed by atoms with E-state index in [9.17, 15) is 18.7 Å². The number of anilines is 1. The Morgan fingerprint density at radius 1 is 1.29 bits per heavy atom. The molecule has 3 N–H and O–H groups in total. The molecule has 1 aromatic carbocycles. The number of rotatable bonds is 7. The number of amides is 1. The SMILES string of the molecule is O=C(NCC1(CO)CC1)[C@@H]1CO[C@H](CNc2cnc3cc(F)c(F)cc3n2)C1. The highest BCUT2D eigenvalue weighted by Crippen LogP contribution is 2.44. The summed E-state index contributed by atoms with van der Waals surface area (Å²) in [4.78, 5) is 20.6. The molecule has 0 spiro atoms. The van der Waals surface area contributed by atoms with Crippen molar-refractivity contribution < 1.29 is 23.4 Å². The molecule has 2 atom stereocenters. The Balaban J connectivity index is 1.28. The van der Waals surface area contributed by atoms with E-state index in [2.05, 4.69) is 20.6 Å².